The number of halogens is 4. The maximum absolute atomic E-state index is 13.1. The summed E-state index contributed by atoms with van der Waals surface area (Å²) < 4.78 is 39.2. The number of nitrogens with one attached hydrogen (secondary N) is 3. The molecule has 0 unspecified atom stereocenters. The number of carbonyl (C=O) groups excluding carboxylic acids is 1. The Bertz CT molecular complexity index is 887. The Balaban J connectivity index is 1.51. The molecule has 0 saturated heterocycles. The minimum absolute atomic E-state index is 0.0563. The highest BCUT2D eigenvalue weighted by atomic mass is 35.5. The standard InChI is InChI=1S/C19H22ClF3N6O/c1-24-17-27-16(20)28-18(29-17)26-13-8-6-11(7-9-13)15(30)25-10-12-4-2-3-5-14(12)19(21,22)23/h2-5,11,13H,6-10H2,1H3,(H,25,30)(H2,24,26,27,28,29). The molecule has 1 fully saturated rings. The molecule has 30 heavy (non-hydrogen) atoms. The van der Waals surface area contributed by atoms with Gasteiger partial charge in [0.15, 0.2) is 0 Å². The van der Waals surface area contributed by atoms with Crippen molar-refractivity contribution in [3.8, 4) is 0 Å². The van der Waals surface area contributed by atoms with Gasteiger partial charge in [-0.25, -0.2) is 0 Å². The molecule has 1 aromatic carbocycles. The number of amides is 1. The summed E-state index contributed by atoms with van der Waals surface area (Å²) in [5.41, 5.74) is -0.670. The molecule has 1 aromatic heterocycles. The Morgan fingerprint density at radius 2 is 1.77 bits per heavy atom. The average Bonchev–Trinajstić information content (AvgIpc) is 2.71. The molecule has 162 valence electrons. The average molecular weight is 443 g/mol. The largest absolute Gasteiger partial charge is 0.416 e. The van der Waals surface area contributed by atoms with Gasteiger partial charge in [-0.05, 0) is 48.9 Å². The molecule has 3 rings (SSSR count). The van der Waals surface area contributed by atoms with Crippen molar-refractivity contribution in [2.45, 2.75) is 44.4 Å². The molecule has 11 heteroatoms. The lowest BCUT2D eigenvalue weighted by molar-refractivity contribution is -0.138. The van der Waals surface area contributed by atoms with Crippen LogP contribution in [0.15, 0.2) is 24.3 Å². The zero-order valence-corrected chi connectivity index (χ0v) is 17.0. The van der Waals surface area contributed by atoms with E-state index in [0.717, 1.165) is 6.07 Å². The first-order valence-corrected chi connectivity index (χ1v) is 9.92. The van der Waals surface area contributed by atoms with Gasteiger partial charge in [-0.2, -0.15) is 28.1 Å². The van der Waals surface area contributed by atoms with E-state index >= 15 is 0 Å². The van der Waals surface area contributed by atoms with Gasteiger partial charge in [0.1, 0.15) is 0 Å². The fraction of sp³-hybridized carbons (Fsp3) is 0.474. The number of nitrogens with zero attached hydrogens (tertiary/aromatic N) is 3. The highest BCUT2D eigenvalue weighted by Gasteiger charge is 2.33. The molecule has 1 saturated carbocycles. The van der Waals surface area contributed by atoms with Gasteiger partial charge in [-0.15, -0.1) is 0 Å². The van der Waals surface area contributed by atoms with Crippen molar-refractivity contribution in [3.05, 3.63) is 40.7 Å². The predicted molar refractivity (Wildman–Crippen MR) is 107 cm³/mol. The van der Waals surface area contributed by atoms with Gasteiger partial charge in [-0.3, -0.25) is 4.79 Å². The molecule has 1 aliphatic rings. The van der Waals surface area contributed by atoms with E-state index in [1.165, 1.54) is 18.2 Å². The van der Waals surface area contributed by atoms with Crippen LogP contribution in [-0.2, 0) is 17.5 Å². The Labute approximate surface area is 176 Å². The monoisotopic (exact) mass is 442 g/mol. The molecule has 1 amide bonds. The molecule has 1 heterocycles. The van der Waals surface area contributed by atoms with E-state index in [9.17, 15) is 18.0 Å². The lowest BCUT2D eigenvalue weighted by Gasteiger charge is -2.28. The number of anilines is 2. The van der Waals surface area contributed by atoms with Crippen LogP contribution in [-0.4, -0.2) is 33.9 Å². The molecule has 3 N–H and O–H groups in total. The summed E-state index contributed by atoms with van der Waals surface area (Å²) in [7, 11) is 1.67. The Hall–Kier alpha value is -2.62. The van der Waals surface area contributed by atoms with E-state index in [2.05, 4.69) is 30.9 Å². The highest BCUT2D eigenvalue weighted by Crippen LogP contribution is 2.32. The van der Waals surface area contributed by atoms with Gasteiger partial charge in [0.25, 0.3) is 0 Å². The summed E-state index contributed by atoms with van der Waals surface area (Å²) in [4.78, 5) is 24.6. The van der Waals surface area contributed by atoms with Crippen LogP contribution >= 0.6 is 11.6 Å². The van der Waals surface area contributed by atoms with E-state index in [1.54, 1.807) is 7.05 Å². The fourth-order valence-electron chi connectivity index (χ4n) is 3.49. The van der Waals surface area contributed by atoms with Gasteiger partial charge in [-0.1, -0.05) is 18.2 Å². The van der Waals surface area contributed by atoms with Crippen LogP contribution in [0.3, 0.4) is 0 Å². The van der Waals surface area contributed by atoms with E-state index in [4.69, 9.17) is 11.6 Å². The zero-order chi connectivity index (χ0) is 21.7. The van der Waals surface area contributed by atoms with E-state index < -0.39 is 11.7 Å². The van der Waals surface area contributed by atoms with Gasteiger partial charge in [0.05, 0.1) is 5.56 Å². The Morgan fingerprint density at radius 3 is 2.43 bits per heavy atom. The van der Waals surface area contributed by atoms with Gasteiger partial charge >= 0.3 is 6.18 Å². The van der Waals surface area contributed by atoms with Crippen LogP contribution in [0.1, 0.15) is 36.8 Å². The smallest absolute Gasteiger partial charge is 0.357 e. The van der Waals surface area contributed by atoms with Crippen LogP contribution in [0.4, 0.5) is 25.1 Å². The Morgan fingerprint density at radius 1 is 1.10 bits per heavy atom. The van der Waals surface area contributed by atoms with Crippen molar-refractivity contribution in [2.24, 2.45) is 5.92 Å². The molecule has 0 aliphatic heterocycles. The maximum atomic E-state index is 13.1. The van der Waals surface area contributed by atoms with Crippen molar-refractivity contribution in [3.63, 3.8) is 0 Å². The van der Waals surface area contributed by atoms with Crippen LogP contribution in [0.2, 0.25) is 5.28 Å². The lowest BCUT2D eigenvalue weighted by atomic mass is 9.85. The zero-order valence-electron chi connectivity index (χ0n) is 16.3. The normalized spacial score (nSPS) is 19.2. The van der Waals surface area contributed by atoms with Crippen LogP contribution < -0.4 is 16.0 Å². The van der Waals surface area contributed by atoms with Crippen LogP contribution in [0.5, 0.6) is 0 Å². The minimum Gasteiger partial charge on any atom is -0.357 e. The molecular formula is C19H22ClF3N6O. The van der Waals surface area contributed by atoms with Crippen molar-refractivity contribution >= 4 is 29.4 Å². The number of benzene rings is 1. The van der Waals surface area contributed by atoms with Crippen LogP contribution in [0, 0.1) is 5.92 Å². The van der Waals surface area contributed by atoms with E-state index in [0.29, 0.717) is 37.6 Å². The number of alkyl halides is 3. The summed E-state index contributed by atoms with van der Waals surface area (Å²) >= 11 is 5.87. The molecule has 7 nitrogen and oxygen atoms in total. The third-order valence-corrected chi connectivity index (χ3v) is 5.21. The van der Waals surface area contributed by atoms with Gasteiger partial charge in [0, 0.05) is 25.6 Å². The third-order valence-electron chi connectivity index (χ3n) is 5.04. The first kappa shape index (κ1) is 22.1. The first-order chi connectivity index (χ1) is 14.3. The summed E-state index contributed by atoms with van der Waals surface area (Å²) in [6.07, 6.45) is -1.81. The predicted octanol–water partition coefficient (Wildman–Crippen LogP) is 3.87. The second-order valence-electron chi connectivity index (χ2n) is 7.07. The van der Waals surface area contributed by atoms with Crippen LogP contribution in [0.25, 0.3) is 0 Å². The summed E-state index contributed by atoms with van der Waals surface area (Å²) in [6, 6.07) is 5.33. The molecule has 0 atom stereocenters. The first-order valence-electron chi connectivity index (χ1n) is 9.55. The van der Waals surface area contributed by atoms with Gasteiger partial charge in [0.2, 0.25) is 23.1 Å². The topological polar surface area (TPSA) is 91.8 Å². The van der Waals surface area contributed by atoms with Crippen molar-refractivity contribution in [2.75, 3.05) is 17.7 Å². The fourth-order valence-corrected chi connectivity index (χ4v) is 3.65. The molecule has 0 spiro atoms. The summed E-state index contributed by atoms with van der Waals surface area (Å²) in [5, 5.41) is 8.72. The number of hydrogen-bond donors (Lipinski definition) is 3. The number of aromatic nitrogens is 3. The molecule has 0 radical (unpaired) electrons. The van der Waals surface area contributed by atoms with E-state index in [-0.39, 0.29) is 35.3 Å². The maximum Gasteiger partial charge on any atom is 0.416 e. The number of hydrogen-bond acceptors (Lipinski definition) is 6. The summed E-state index contributed by atoms with van der Waals surface area (Å²) in [5.74, 6) is 0.239. The van der Waals surface area contributed by atoms with Crippen molar-refractivity contribution in [1.82, 2.24) is 20.3 Å². The van der Waals surface area contributed by atoms with Crippen molar-refractivity contribution in [1.29, 1.82) is 0 Å². The molecule has 1 aliphatic carbocycles. The third kappa shape index (κ3) is 5.71. The minimum atomic E-state index is -4.45. The quantitative estimate of drug-likeness (QED) is 0.629. The van der Waals surface area contributed by atoms with Crippen molar-refractivity contribution < 1.29 is 18.0 Å². The summed E-state index contributed by atoms with van der Waals surface area (Å²) in [6.45, 7) is -0.150. The van der Waals surface area contributed by atoms with E-state index in [1.807, 2.05) is 0 Å². The number of rotatable bonds is 6. The molecule has 0 bridgehead atoms. The second-order valence-corrected chi connectivity index (χ2v) is 7.41. The molecule has 2 aromatic rings. The SMILES string of the molecule is CNc1nc(Cl)nc(NC2CCC(C(=O)NCc3ccccc3C(F)(F)F)CC2)n1. The lowest BCUT2D eigenvalue weighted by Crippen LogP contribution is -2.36. The number of carbonyl (C=O) groups is 1. The second kappa shape index (κ2) is 9.46. The Kier molecular flexibility index (Phi) is 6.96. The highest BCUT2D eigenvalue weighted by molar-refractivity contribution is 6.28. The van der Waals surface area contributed by atoms with Gasteiger partial charge < -0.3 is 16.0 Å². The molecular weight excluding hydrogens is 421 g/mol.